The maximum atomic E-state index is 12.5. The van der Waals surface area contributed by atoms with Crippen molar-refractivity contribution in [2.24, 2.45) is 5.92 Å². The number of phosphoric ester groups is 1. The van der Waals surface area contributed by atoms with Crippen molar-refractivity contribution >= 4 is 19.8 Å². The van der Waals surface area contributed by atoms with Gasteiger partial charge in [-0.3, -0.25) is 18.6 Å². The number of aliphatic hydroxyl groups excluding tert-OH is 3. The maximum absolute atomic E-state index is 12.5. The number of aliphatic hydroxyl groups is 3. The Hall–Kier alpha value is -2.11. The van der Waals surface area contributed by atoms with Gasteiger partial charge in [-0.1, -0.05) is 127 Å². The van der Waals surface area contributed by atoms with Crippen molar-refractivity contribution in [3.63, 3.8) is 0 Å². The summed E-state index contributed by atoms with van der Waals surface area (Å²) >= 11 is 0. The third-order valence-electron chi connectivity index (χ3n) is 8.11. The van der Waals surface area contributed by atoms with Crippen LogP contribution in [-0.2, 0) is 32.7 Å². The summed E-state index contributed by atoms with van der Waals surface area (Å²) in [6, 6.07) is 0. The number of hydrogen-bond donors (Lipinski definition) is 4. The van der Waals surface area contributed by atoms with Gasteiger partial charge in [0.05, 0.1) is 25.9 Å². The summed E-state index contributed by atoms with van der Waals surface area (Å²) in [5, 5.41) is 28.3. The normalized spacial score (nSPS) is 15.8. The summed E-state index contributed by atoms with van der Waals surface area (Å²) in [7, 11) is -4.64. The lowest BCUT2D eigenvalue weighted by Crippen LogP contribution is -2.29. The summed E-state index contributed by atoms with van der Waals surface area (Å²) in [4.78, 5) is 34.8. The van der Waals surface area contributed by atoms with Crippen molar-refractivity contribution in [2.45, 2.75) is 155 Å². The van der Waals surface area contributed by atoms with Crippen LogP contribution in [0.2, 0.25) is 0 Å². The third-order valence-corrected chi connectivity index (χ3v) is 9.06. The Morgan fingerprint density at radius 1 is 0.745 bits per heavy atom. The van der Waals surface area contributed by atoms with E-state index in [4.69, 9.17) is 19.1 Å². The second kappa shape index (κ2) is 33.7. The number of ether oxygens (including phenoxy) is 2. The average Bonchev–Trinajstić information content (AvgIpc) is 3.11. The highest BCUT2D eigenvalue weighted by atomic mass is 31.2. The van der Waals surface area contributed by atoms with Crippen LogP contribution in [0.1, 0.15) is 136 Å². The number of unbranched alkanes of at least 4 members (excludes halogenated alkanes) is 9. The van der Waals surface area contributed by atoms with Gasteiger partial charge < -0.3 is 29.7 Å². The molecule has 296 valence electrons. The van der Waals surface area contributed by atoms with Crippen LogP contribution in [0.25, 0.3) is 0 Å². The number of carbonyl (C=O) groups excluding carboxylic acids is 2. The Kier molecular flexibility index (Phi) is 32.3. The quantitative estimate of drug-likeness (QED) is 0.0165. The standard InChI is InChI=1S/C39H69O11P/c1-4-6-7-8-16-21-26-35(41)27-22-17-11-9-10-12-19-24-29-39(44)50-37(33-49-51(45,46)48-31-36(42)30-40)32-47-38(43)28-23-18-14-13-15-20-25-34(3)5-2/h10-12,16-17,21-22,27,34-37,40-42H,4-9,13-15,18-20,23-26,28-33H2,1-3H3,(H,45,46)/b12-10-,17-11-,21-16-,27-22+/t34?,35-,36-,37+/m0/s1. The molecule has 0 aromatic rings. The number of carbonyl (C=O) groups is 2. The fourth-order valence-corrected chi connectivity index (χ4v) is 5.48. The van der Waals surface area contributed by atoms with Gasteiger partial charge in [0.15, 0.2) is 6.10 Å². The molecule has 0 aromatic heterocycles. The predicted octanol–water partition coefficient (Wildman–Crippen LogP) is 8.21. The molecule has 51 heavy (non-hydrogen) atoms. The number of esters is 2. The topological polar surface area (TPSA) is 169 Å². The minimum Gasteiger partial charge on any atom is -0.462 e. The lowest BCUT2D eigenvalue weighted by molar-refractivity contribution is -0.161. The molecule has 0 fully saturated rings. The first-order valence-electron chi connectivity index (χ1n) is 19.1. The van der Waals surface area contributed by atoms with Gasteiger partial charge in [-0.15, -0.1) is 0 Å². The summed E-state index contributed by atoms with van der Waals surface area (Å²) in [5.41, 5.74) is 0. The van der Waals surface area contributed by atoms with E-state index in [-0.39, 0.29) is 19.4 Å². The third kappa shape index (κ3) is 33.5. The molecule has 0 saturated heterocycles. The van der Waals surface area contributed by atoms with Crippen LogP contribution in [0.4, 0.5) is 0 Å². The van der Waals surface area contributed by atoms with Gasteiger partial charge in [0, 0.05) is 12.8 Å². The highest BCUT2D eigenvalue weighted by molar-refractivity contribution is 7.47. The summed E-state index contributed by atoms with van der Waals surface area (Å²) in [5.74, 6) is -0.276. The van der Waals surface area contributed by atoms with Crippen LogP contribution >= 0.6 is 7.82 Å². The van der Waals surface area contributed by atoms with Crippen LogP contribution < -0.4 is 0 Å². The van der Waals surface area contributed by atoms with E-state index in [2.05, 4.69) is 31.4 Å². The first-order valence-corrected chi connectivity index (χ1v) is 20.6. The largest absolute Gasteiger partial charge is 0.472 e. The predicted molar refractivity (Wildman–Crippen MR) is 202 cm³/mol. The van der Waals surface area contributed by atoms with E-state index in [1.54, 1.807) is 6.08 Å². The van der Waals surface area contributed by atoms with E-state index < -0.39 is 57.9 Å². The second-order valence-corrected chi connectivity index (χ2v) is 14.5. The molecule has 2 unspecified atom stereocenters. The van der Waals surface area contributed by atoms with Gasteiger partial charge >= 0.3 is 19.8 Å². The van der Waals surface area contributed by atoms with Crippen LogP contribution in [-0.4, -0.2) is 76.9 Å². The molecule has 0 spiro atoms. The van der Waals surface area contributed by atoms with Crippen LogP contribution in [0.5, 0.6) is 0 Å². The SMILES string of the molecule is CCCCC/C=C\C[C@H](O)/C=C/C=C\C/C=C\CCCC(=O)O[C@H](COC(=O)CCCCCCCCC(C)CC)COP(=O)(O)OC[C@@H](O)CO. The Morgan fingerprint density at radius 3 is 2.14 bits per heavy atom. The molecule has 0 saturated carbocycles. The van der Waals surface area contributed by atoms with Crippen molar-refractivity contribution in [1.82, 2.24) is 0 Å². The summed E-state index contributed by atoms with van der Waals surface area (Å²) < 4.78 is 32.4. The molecule has 0 aromatic carbocycles. The van der Waals surface area contributed by atoms with Crippen molar-refractivity contribution in [3.8, 4) is 0 Å². The molecule has 0 aliphatic carbocycles. The van der Waals surface area contributed by atoms with E-state index in [9.17, 15) is 29.3 Å². The summed E-state index contributed by atoms with van der Waals surface area (Å²) in [6.07, 6.45) is 28.5. The van der Waals surface area contributed by atoms with E-state index >= 15 is 0 Å². The molecule has 0 bridgehead atoms. The second-order valence-electron chi connectivity index (χ2n) is 13.0. The molecular weight excluding hydrogens is 675 g/mol. The first kappa shape index (κ1) is 48.9. The molecule has 11 nitrogen and oxygen atoms in total. The van der Waals surface area contributed by atoms with Gasteiger partial charge in [-0.05, 0) is 50.9 Å². The fraction of sp³-hybridized carbons (Fsp3) is 0.744. The number of hydrogen-bond acceptors (Lipinski definition) is 10. The zero-order valence-electron chi connectivity index (χ0n) is 31.6. The molecule has 0 amide bonds. The van der Waals surface area contributed by atoms with Crippen LogP contribution in [0.3, 0.4) is 0 Å². The smallest absolute Gasteiger partial charge is 0.462 e. The fourth-order valence-electron chi connectivity index (χ4n) is 4.69. The van der Waals surface area contributed by atoms with Crippen molar-refractivity contribution < 1.29 is 52.9 Å². The highest BCUT2D eigenvalue weighted by Crippen LogP contribution is 2.43. The lowest BCUT2D eigenvalue weighted by atomic mass is 10.00. The monoisotopic (exact) mass is 744 g/mol. The number of phosphoric acid groups is 1. The van der Waals surface area contributed by atoms with Crippen LogP contribution in [0.15, 0.2) is 48.6 Å². The molecule has 12 heteroatoms. The molecule has 0 rings (SSSR count). The number of allylic oxidation sites excluding steroid dienone is 6. The summed E-state index contributed by atoms with van der Waals surface area (Å²) in [6.45, 7) is 4.42. The molecule has 0 aliphatic rings. The van der Waals surface area contributed by atoms with Gasteiger partial charge in [0.2, 0.25) is 0 Å². The zero-order valence-corrected chi connectivity index (χ0v) is 32.5. The molecule has 4 N–H and O–H groups in total. The van der Waals surface area contributed by atoms with E-state index in [1.807, 2.05) is 36.5 Å². The first-order chi connectivity index (χ1) is 24.5. The molecular formula is C39H69O11P. The Labute approximate surface area is 307 Å². The van der Waals surface area contributed by atoms with Gasteiger partial charge in [-0.2, -0.15) is 0 Å². The molecule has 5 atom stereocenters. The molecule has 0 radical (unpaired) electrons. The minimum absolute atomic E-state index is 0.0750. The maximum Gasteiger partial charge on any atom is 0.472 e. The highest BCUT2D eigenvalue weighted by Gasteiger charge is 2.27. The van der Waals surface area contributed by atoms with Gasteiger partial charge in [-0.25, -0.2) is 4.57 Å². The molecule has 0 heterocycles. The molecule has 0 aliphatic heterocycles. The van der Waals surface area contributed by atoms with Crippen molar-refractivity contribution in [1.29, 1.82) is 0 Å². The van der Waals surface area contributed by atoms with E-state index in [1.165, 1.54) is 44.9 Å². The van der Waals surface area contributed by atoms with Gasteiger partial charge in [0.25, 0.3) is 0 Å². The Bertz CT molecular complexity index is 1030. The Morgan fingerprint density at radius 2 is 1.41 bits per heavy atom. The van der Waals surface area contributed by atoms with Crippen molar-refractivity contribution in [2.75, 3.05) is 26.4 Å². The Balaban J connectivity index is 4.57. The van der Waals surface area contributed by atoms with Gasteiger partial charge in [0.1, 0.15) is 12.7 Å². The van der Waals surface area contributed by atoms with E-state index in [0.717, 1.165) is 31.6 Å². The zero-order chi connectivity index (χ0) is 38.0. The minimum atomic E-state index is -4.64. The van der Waals surface area contributed by atoms with Crippen molar-refractivity contribution in [3.05, 3.63) is 48.6 Å². The average molecular weight is 745 g/mol. The van der Waals surface area contributed by atoms with E-state index in [0.29, 0.717) is 32.1 Å². The number of rotatable bonds is 34. The lowest BCUT2D eigenvalue weighted by Gasteiger charge is -2.20. The van der Waals surface area contributed by atoms with Crippen LogP contribution in [0, 0.1) is 5.92 Å².